The quantitative estimate of drug-likeness (QED) is 0.821. The molecule has 0 aromatic carbocycles. The first-order chi connectivity index (χ1) is 7.41. The molecule has 0 fully saturated rings. The lowest BCUT2D eigenvalue weighted by atomic mass is 9.87. The lowest BCUT2D eigenvalue weighted by molar-refractivity contribution is -0.139. The molecular weight excluding hydrogens is 219 g/mol. The van der Waals surface area contributed by atoms with Gasteiger partial charge in [0.05, 0.1) is 17.6 Å². The summed E-state index contributed by atoms with van der Waals surface area (Å²) in [7, 11) is 0. The van der Waals surface area contributed by atoms with Crippen molar-refractivity contribution >= 4 is 0 Å². The van der Waals surface area contributed by atoms with Gasteiger partial charge in [-0.3, -0.25) is 0 Å². The maximum atomic E-state index is 12.2. The summed E-state index contributed by atoms with van der Waals surface area (Å²) in [5, 5.41) is 3.13. The highest BCUT2D eigenvalue weighted by Gasteiger charge is 2.38. The number of aromatic amines is 1. The van der Waals surface area contributed by atoms with Crippen molar-refractivity contribution < 1.29 is 13.2 Å². The predicted molar refractivity (Wildman–Crippen MR) is 52.9 cm³/mol. The average molecular weight is 233 g/mol. The van der Waals surface area contributed by atoms with Crippen LogP contribution in [0.15, 0.2) is 6.33 Å². The SMILES string of the molecule is CC1(CCC(F)(F)F)NCCc2[nH]cnc21. The van der Waals surface area contributed by atoms with E-state index in [0.717, 1.165) is 17.8 Å². The van der Waals surface area contributed by atoms with Crippen LogP contribution in [0.3, 0.4) is 0 Å². The van der Waals surface area contributed by atoms with E-state index < -0.39 is 18.1 Å². The van der Waals surface area contributed by atoms with E-state index in [1.165, 1.54) is 0 Å². The summed E-state index contributed by atoms with van der Waals surface area (Å²) in [6, 6.07) is 0. The van der Waals surface area contributed by atoms with E-state index in [-0.39, 0.29) is 6.42 Å². The van der Waals surface area contributed by atoms with Crippen LogP contribution >= 0.6 is 0 Å². The third-order valence-corrected chi connectivity index (χ3v) is 3.04. The zero-order valence-corrected chi connectivity index (χ0v) is 8.99. The number of aromatic nitrogens is 2. The maximum Gasteiger partial charge on any atom is 0.389 e. The van der Waals surface area contributed by atoms with Gasteiger partial charge in [0.15, 0.2) is 0 Å². The molecule has 16 heavy (non-hydrogen) atoms. The molecule has 1 aliphatic heterocycles. The van der Waals surface area contributed by atoms with Gasteiger partial charge in [0.2, 0.25) is 0 Å². The minimum atomic E-state index is -4.11. The molecule has 0 radical (unpaired) electrons. The standard InChI is InChI=1S/C10H14F3N3/c1-9(3-4-10(11,12)13)8-7(2-5-16-9)14-6-15-8/h6,16H,2-5H2,1H3,(H,14,15). The molecule has 0 spiro atoms. The third-order valence-electron chi connectivity index (χ3n) is 3.04. The number of fused-ring (bicyclic) bond motifs is 1. The summed E-state index contributed by atoms with van der Waals surface area (Å²) in [6.07, 6.45) is -2.55. The first kappa shape index (κ1) is 11.4. The van der Waals surface area contributed by atoms with Crippen LogP contribution in [-0.2, 0) is 12.0 Å². The highest BCUT2D eigenvalue weighted by molar-refractivity contribution is 5.24. The number of imidazole rings is 1. The normalized spacial score (nSPS) is 25.5. The van der Waals surface area contributed by atoms with Gasteiger partial charge in [-0.2, -0.15) is 13.2 Å². The van der Waals surface area contributed by atoms with Crippen molar-refractivity contribution in [3.8, 4) is 0 Å². The van der Waals surface area contributed by atoms with E-state index in [1.54, 1.807) is 13.3 Å². The number of hydrogen-bond acceptors (Lipinski definition) is 2. The molecule has 1 aromatic rings. The Hall–Kier alpha value is -1.04. The van der Waals surface area contributed by atoms with Crippen LogP contribution in [0.4, 0.5) is 13.2 Å². The van der Waals surface area contributed by atoms with Gasteiger partial charge in [-0.05, 0) is 13.3 Å². The molecule has 0 saturated heterocycles. The predicted octanol–water partition coefficient (Wildman–Crippen LogP) is 2.11. The van der Waals surface area contributed by atoms with Crippen LogP contribution in [0, 0.1) is 0 Å². The van der Waals surface area contributed by atoms with Crippen molar-refractivity contribution in [2.75, 3.05) is 6.54 Å². The molecule has 1 aromatic heterocycles. The maximum absolute atomic E-state index is 12.2. The van der Waals surface area contributed by atoms with E-state index in [1.807, 2.05) is 0 Å². The molecule has 2 N–H and O–H groups in total. The number of H-pyrrole nitrogens is 1. The number of halogens is 3. The van der Waals surface area contributed by atoms with Crippen LogP contribution in [0.5, 0.6) is 0 Å². The third kappa shape index (κ3) is 2.21. The van der Waals surface area contributed by atoms with E-state index in [9.17, 15) is 13.2 Å². The second-order valence-corrected chi connectivity index (χ2v) is 4.35. The van der Waals surface area contributed by atoms with E-state index >= 15 is 0 Å². The van der Waals surface area contributed by atoms with Gasteiger partial charge in [-0.25, -0.2) is 4.98 Å². The fraction of sp³-hybridized carbons (Fsp3) is 0.700. The second-order valence-electron chi connectivity index (χ2n) is 4.35. The zero-order valence-electron chi connectivity index (χ0n) is 8.99. The van der Waals surface area contributed by atoms with Crippen molar-refractivity contribution in [1.29, 1.82) is 0 Å². The molecule has 0 bridgehead atoms. The van der Waals surface area contributed by atoms with Crippen LogP contribution in [0.1, 0.15) is 31.2 Å². The van der Waals surface area contributed by atoms with Crippen molar-refractivity contribution in [3.63, 3.8) is 0 Å². The van der Waals surface area contributed by atoms with Crippen LogP contribution < -0.4 is 5.32 Å². The fourth-order valence-electron chi connectivity index (χ4n) is 2.13. The molecule has 2 rings (SSSR count). The minimum absolute atomic E-state index is 0.0222. The van der Waals surface area contributed by atoms with Crippen LogP contribution in [0.2, 0.25) is 0 Å². The minimum Gasteiger partial charge on any atom is -0.348 e. The largest absolute Gasteiger partial charge is 0.389 e. The smallest absolute Gasteiger partial charge is 0.348 e. The highest BCUT2D eigenvalue weighted by atomic mass is 19.4. The molecule has 2 heterocycles. The lowest BCUT2D eigenvalue weighted by Crippen LogP contribution is -2.45. The first-order valence-electron chi connectivity index (χ1n) is 5.25. The molecule has 1 unspecified atom stereocenters. The Morgan fingerprint density at radius 2 is 2.25 bits per heavy atom. The van der Waals surface area contributed by atoms with Crippen LogP contribution in [0.25, 0.3) is 0 Å². The summed E-state index contributed by atoms with van der Waals surface area (Å²) >= 11 is 0. The lowest BCUT2D eigenvalue weighted by Gasteiger charge is -2.34. The Kier molecular flexibility index (Phi) is 2.69. The van der Waals surface area contributed by atoms with Gasteiger partial charge < -0.3 is 10.3 Å². The number of hydrogen-bond donors (Lipinski definition) is 2. The van der Waals surface area contributed by atoms with Crippen molar-refractivity contribution in [2.45, 2.75) is 37.9 Å². The van der Waals surface area contributed by atoms with E-state index in [0.29, 0.717) is 6.54 Å². The number of alkyl halides is 3. The highest BCUT2D eigenvalue weighted by Crippen LogP contribution is 2.34. The molecule has 0 aliphatic carbocycles. The Labute approximate surface area is 91.5 Å². The summed E-state index contributed by atoms with van der Waals surface area (Å²) < 4.78 is 36.7. The van der Waals surface area contributed by atoms with Gasteiger partial charge in [0, 0.05) is 25.1 Å². The number of nitrogens with one attached hydrogen (secondary N) is 2. The summed E-state index contributed by atoms with van der Waals surface area (Å²) in [4.78, 5) is 7.10. The Bertz CT molecular complexity index is 372. The molecule has 0 amide bonds. The van der Waals surface area contributed by atoms with Gasteiger partial charge in [0.1, 0.15) is 0 Å². The molecule has 1 aliphatic rings. The summed E-state index contributed by atoms with van der Waals surface area (Å²) in [5.41, 5.74) is 1.01. The molecular formula is C10H14F3N3. The van der Waals surface area contributed by atoms with Gasteiger partial charge in [-0.15, -0.1) is 0 Å². The van der Waals surface area contributed by atoms with Gasteiger partial charge in [0.25, 0.3) is 0 Å². The monoisotopic (exact) mass is 233 g/mol. The molecule has 90 valence electrons. The summed E-state index contributed by atoms with van der Waals surface area (Å²) in [6.45, 7) is 2.46. The van der Waals surface area contributed by atoms with E-state index in [4.69, 9.17) is 0 Å². The molecule has 1 atom stereocenters. The van der Waals surface area contributed by atoms with Crippen molar-refractivity contribution in [1.82, 2.24) is 15.3 Å². The Morgan fingerprint density at radius 3 is 2.94 bits per heavy atom. The zero-order chi connectivity index (χ0) is 11.8. The van der Waals surface area contributed by atoms with Gasteiger partial charge in [-0.1, -0.05) is 0 Å². The molecule has 3 nitrogen and oxygen atoms in total. The topological polar surface area (TPSA) is 40.7 Å². The number of rotatable bonds is 2. The Balaban J connectivity index is 2.15. The molecule has 6 heteroatoms. The second kappa shape index (κ2) is 3.76. The van der Waals surface area contributed by atoms with Gasteiger partial charge >= 0.3 is 6.18 Å². The first-order valence-corrected chi connectivity index (χ1v) is 5.25. The van der Waals surface area contributed by atoms with E-state index in [2.05, 4.69) is 15.3 Å². The molecule has 0 saturated carbocycles. The van der Waals surface area contributed by atoms with Crippen molar-refractivity contribution in [2.24, 2.45) is 0 Å². The Morgan fingerprint density at radius 1 is 1.50 bits per heavy atom. The average Bonchev–Trinajstić information content (AvgIpc) is 2.64. The van der Waals surface area contributed by atoms with Crippen molar-refractivity contribution in [3.05, 3.63) is 17.7 Å². The fourth-order valence-corrected chi connectivity index (χ4v) is 2.13. The van der Waals surface area contributed by atoms with Crippen LogP contribution in [-0.4, -0.2) is 22.7 Å². The number of nitrogens with zero attached hydrogens (tertiary/aromatic N) is 1. The summed E-state index contributed by atoms with van der Waals surface area (Å²) in [5.74, 6) is 0.